The predicted octanol–water partition coefficient (Wildman–Crippen LogP) is 4.37. The molecule has 0 saturated carbocycles. The molecule has 0 N–H and O–H groups in total. The van der Waals surface area contributed by atoms with Crippen molar-refractivity contribution < 1.29 is 17.9 Å². The van der Waals surface area contributed by atoms with E-state index in [9.17, 15) is 13.2 Å². The van der Waals surface area contributed by atoms with Crippen molar-refractivity contribution in [3.05, 3.63) is 52.0 Å². The summed E-state index contributed by atoms with van der Waals surface area (Å²) in [6.45, 7) is 0. The van der Waals surface area contributed by atoms with Gasteiger partial charge in [-0.1, -0.05) is 29.3 Å². The summed E-state index contributed by atoms with van der Waals surface area (Å²) < 4.78 is 46.1. The quantitative estimate of drug-likeness (QED) is 0.748. The smallest absolute Gasteiger partial charge is 0.241 e. The van der Waals surface area contributed by atoms with E-state index in [0.29, 0.717) is 0 Å². The van der Waals surface area contributed by atoms with Gasteiger partial charge in [-0.05, 0) is 12.1 Å². The molecule has 2 rings (SSSR count). The van der Waals surface area contributed by atoms with E-state index in [1.165, 1.54) is 18.2 Å². The number of allylic oxidation sites excluding steroid dienone is 3. The van der Waals surface area contributed by atoms with Gasteiger partial charge in [-0.2, -0.15) is 10.5 Å². The van der Waals surface area contributed by atoms with Crippen molar-refractivity contribution in [3.63, 3.8) is 0 Å². The molecule has 2 unspecified atom stereocenters. The second kappa shape index (κ2) is 5.92. The van der Waals surface area contributed by atoms with E-state index in [-0.39, 0.29) is 23.0 Å². The fourth-order valence-electron chi connectivity index (χ4n) is 1.74. The molecule has 2 atom stereocenters. The van der Waals surface area contributed by atoms with Crippen LogP contribution in [0.4, 0.5) is 13.2 Å². The zero-order valence-electron chi connectivity index (χ0n) is 10.6. The highest BCUT2D eigenvalue weighted by Gasteiger charge is 2.45. The Kier molecular flexibility index (Phi) is 4.37. The van der Waals surface area contributed by atoms with Crippen LogP contribution in [0.1, 0.15) is 11.1 Å². The Morgan fingerprint density at radius 1 is 1.27 bits per heavy atom. The van der Waals surface area contributed by atoms with Gasteiger partial charge in [0.2, 0.25) is 5.13 Å². The third-order valence-corrected chi connectivity index (χ3v) is 3.45. The Morgan fingerprint density at radius 2 is 1.95 bits per heavy atom. The number of rotatable bonds is 2. The minimum atomic E-state index is -3.12. The van der Waals surface area contributed by atoms with Gasteiger partial charge in [-0.15, -0.1) is 0 Å². The largest absolute Gasteiger partial charge is 0.452 e. The van der Waals surface area contributed by atoms with Gasteiger partial charge in [0.25, 0.3) is 0 Å². The summed E-state index contributed by atoms with van der Waals surface area (Å²) in [4.78, 5) is 0. The molecule has 3 nitrogen and oxygen atoms in total. The summed E-state index contributed by atoms with van der Waals surface area (Å²) in [5.74, 6) is -2.33. The molecule has 8 heteroatoms. The van der Waals surface area contributed by atoms with Crippen LogP contribution >= 0.6 is 23.2 Å². The van der Waals surface area contributed by atoms with Crippen molar-refractivity contribution >= 4 is 23.2 Å². The number of alkyl halides is 3. The van der Waals surface area contributed by atoms with Gasteiger partial charge < -0.3 is 4.74 Å². The fourth-order valence-corrected chi connectivity index (χ4v) is 2.29. The Balaban J connectivity index is 2.49. The average molecular weight is 345 g/mol. The number of benzene rings is 1. The lowest BCUT2D eigenvalue weighted by molar-refractivity contribution is 0.189. The minimum absolute atomic E-state index is 0.0223. The van der Waals surface area contributed by atoms with E-state index in [4.69, 9.17) is 38.5 Å². The molecule has 1 aliphatic carbocycles. The molecule has 1 aliphatic rings. The summed E-state index contributed by atoms with van der Waals surface area (Å²) in [6, 6.07) is 7.45. The van der Waals surface area contributed by atoms with E-state index < -0.39 is 27.9 Å². The van der Waals surface area contributed by atoms with Gasteiger partial charge in [0, 0.05) is 6.08 Å². The molecular weight excluding hydrogens is 340 g/mol. The maximum Gasteiger partial charge on any atom is 0.241 e. The van der Waals surface area contributed by atoms with Gasteiger partial charge in [0.05, 0.1) is 5.56 Å². The third kappa shape index (κ3) is 2.76. The topological polar surface area (TPSA) is 56.8 Å². The third-order valence-electron chi connectivity index (χ3n) is 2.78. The number of nitrogens with zero attached hydrogens (tertiary/aromatic N) is 2. The molecule has 0 spiro atoms. The van der Waals surface area contributed by atoms with Crippen molar-refractivity contribution in [3.8, 4) is 17.9 Å². The lowest BCUT2D eigenvalue weighted by atomic mass is 10.1. The summed E-state index contributed by atoms with van der Waals surface area (Å²) in [5, 5.41) is 13.9. The molecule has 0 amide bonds. The Morgan fingerprint density at radius 3 is 2.55 bits per heavy atom. The summed E-state index contributed by atoms with van der Waals surface area (Å²) >= 11 is 10.7. The average Bonchev–Trinajstić information content (AvgIpc) is 2.48. The fraction of sp³-hybridized carbons (Fsp3) is 0.143. The highest BCUT2D eigenvalue weighted by molar-refractivity contribution is 6.33. The molecular formula is C14H5Cl2F3N2O. The van der Waals surface area contributed by atoms with Crippen molar-refractivity contribution in [2.75, 3.05) is 0 Å². The molecule has 112 valence electrons. The molecule has 22 heavy (non-hydrogen) atoms. The lowest BCUT2D eigenvalue weighted by Crippen LogP contribution is -2.31. The maximum absolute atomic E-state index is 13.8. The number of ether oxygens (including phenoxy) is 1. The van der Waals surface area contributed by atoms with Crippen LogP contribution in [0.25, 0.3) is 0 Å². The number of halogens is 5. The number of hydrogen-bond acceptors (Lipinski definition) is 3. The first-order valence-electron chi connectivity index (χ1n) is 5.73. The van der Waals surface area contributed by atoms with Gasteiger partial charge in [-0.3, -0.25) is 0 Å². The molecule has 0 radical (unpaired) electrons. The van der Waals surface area contributed by atoms with E-state index in [2.05, 4.69) is 0 Å². The van der Waals surface area contributed by atoms with Crippen molar-refractivity contribution in [2.45, 2.75) is 11.3 Å². The first-order valence-corrected chi connectivity index (χ1v) is 6.48. The predicted molar refractivity (Wildman–Crippen MR) is 73.2 cm³/mol. The summed E-state index contributed by atoms with van der Waals surface area (Å²) in [5.41, 5.74) is -0.209. The molecule has 1 aromatic rings. The van der Waals surface area contributed by atoms with E-state index in [1.54, 1.807) is 12.1 Å². The highest BCUT2D eigenvalue weighted by Crippen LogP contribution is 2.42. The van der Waals surface area contributed by atoms with Crippen LogP contribution in [-0.2, 0) is 0 Å². The highest BCUT2D eigenvalue weighted by atomic mass is 35.5. The molecule has 0 fully saturated rings. The number of hydrogen-bond donors (Lipinski definition) is 0. The molecule has 1 aromatic carbocycles. The van der Waals surface area contributed by atoms with E-state index >= 15 is 0 Å². The van der Waals surface area contributed by atoms with Crippen molar-refractivity contribution in [1.29, 1.82) is 10.5 Å². The van der Waals surface area contributed by atoms with Crippen LogP contribution in [0.5, 0.6) is 5.75 Å². The van der Waals surface area contributed by atoms with Crippen LogP contribution in [0.15, 0.2) is 40.9 Å². The van der Waals surface area contributed by atoms with Gasteiger partial charge >= 0.3 is 0 Å². The Labute approximate surface area is 133 Å². The van der Waals surface area contributed by atoms with Gasteiger partial charge in [0.1, 0.15) is 28.5 Å². The summed E-state index contributed by atoms with van der Waals surface area (Å²) in [7, 11) is 0. The van der Waals surface area contributed by atoms with E-state index in [1.807, 2.05) is 0 Å². The maximum atomic E-state index is 13.8. The summed E-state index contributed by atoms with van der Waals surface area (Å²) in [6.07, 6.45) is -2.35. The number of nitriles is 2. The van der Waals surface area contributed by atoms with Crippen LogP contribution in [-0.4, -0.2) is 11.3 Å². The zero-order chi connectivity index (χ0) is 16.5. The normalized spacial score (nSPS) is 24.3. The first kappa shape index (κ1) is 16.2. The van der Waals surface area contributed by atoms with Crippen molar-refractivity contribution in [1.82, 2.24) is 0 Å². The first-order chi connectivity index (χ1) is 10.3. The molecule has 0 heterocycles. The monoisotopic (exact) mass is 344 g/mol. The Hall–Kier alpha value is -2.15. The minimum Gasteiger partial charge on any atom is -0.452 e. The van der Waals surface area contributed by atoms with Gasteiger partial charge in [-0.25, -0.2) is 13.2 Å². The van der Waals surface area contributed by atoms with Crippen LogP contribution < -0.4 is 4.74 Å². The van der Waals surface area contributed by atoms with Gasteiger partial charge in [0.15, 0.2) is 17.8 Å². The lowest BCUT2D eigenvalue weighted by Gasteiger charge is -2.25. The van der Waals surface area contributed by atoms with Crippen LogP contribution in [0.3, 0.4) is 0 Å². The molecule has 0 aromatic heterocycles. The zero-order valence-corrected chi connectivity index (χ0v) is 12.1. The SMILES string of the molecule is N#Cc1cccc(OC2=C(Cl)C(F)C(F)(Cl)C=C2F)c1C#N. The van der Waals surface area contributed by atoms with Crippen LogP contribution in [0, 0.1) is 22.7 Å². The van der Waals surface area contributed by atoms with Crippen LogP contribution in [0.2, 0.25) is 0 Å². The molecule has 0 bridgehead atoms. The second-order valence-electron chi connectivity index (χ2n) is 4.21. The second-order valence-corrected chi connectivity index (χ2v) is 5.20. The van der Waals surface area contributed by atoms with Crippen molar-refractivity contribution in [2.24, 2.45) is 0 Å². The Bertz CT molecular complexity index is 775. The molecule has 0 saturated heterocycles. The molecule has 0 aliphatic heterocycles. The van der Waals surface area contributed by atoms with E-state index in [0.717, 1.165) is 0 Å². The standard InChI is InChI=1S/C14H5Cl2F3N2O/c15-11-12(9(17)4-14(16,19)13(11)18)22-10-3-1-2-7(5-20)8(10)6-21/h1-4,13H.